The Morgan fingerprint density at radius 3 is 2.33 bits per heavy atom. The third kappa shape index (κ3) is 3.00. The topological polar surface area (TPSA) is 22.1 Å². The molecule has 4 heteroatoms. The van der Waals surface area contributed by atoms with E-state index in [1.54, 1.807) is 43.5 Å². The summed E-state index contributed by atoms with van der Waals surface area (Å²) in [5, 5.41) is 0. The smallest absolute Gasteiger partial charge is 0.298 e. The predicted octanol–water partition coefficient (Wildman–Crippen LogP) is 5.21. The number of aryl methyl sites for hydroxylation is 1. The molecular weight excluding hydrogens is 308 g/mol. The van der Waals surface area contributed by atoms with Gasteiger partial charge >= 0.3 is 0 Å². The van der Waals surface area contributed by atoms with Gasteiger partial charge in [0.15, 0.2) is 0 Å². The van der Waals surface area contributed by atoms with Gasteiger partial charge in [-0.05, 0) is 55.0 Å². The number of nitrogens with zero attached hydrogens (tertiary/aromatic N) is 1. The number of benzene rings is 2. The van der Waals surface area contributed by atoms with E-state index in [1.165, 1.54) is 25.3 Å². The second-order valence-corrected chi connectivity index (χ2v) is 5.55. The summed E-state index contributed by atoms with van der Waals surface area (Å²) in [6.45, 7) is 1.69. The van der Waals surface area contributed by atoms with Crippen LogP contribution in [0.15, 0.2) is 66.9 Å². The number of ether oxygens (including phenoxy) is 1. The molecule has 0 unspecified atom stereocenters. The van der Waals surface area contributed by atoms with Crippen molar-refractivity contribution in [2.75, 3.05) is 7.11 Å². The van der Waals surface area contributed by atoms with Crippen molar-refractivity contribution < 1.29 is 13.5 Å². The molecule has 0 aliphatic rings. The molecule has 0 aliphatic heterocycles. The van der Waals surface area contributed by atoms with Crippen molar-refractivity contribution >= 4 is 0 Å². The van der Waals surface area contributed by atoms with Gasteiger partial charge in [0, 0.05) is 22.9 Å². The quantitative estimate of drug-likeness (QED) is 0.657. The van der Waals surface area contributed by atoms with Crippen LogP contribution < -0.4 is 4.74 Å². The maximum atomic E-state index is 15.0. The Kier molecular flexibility index (Phi) is 4.30. The average molecular weight is 325 g/mol. The highest BCUT2D eigenvalue weighted by molar-refractivity contribution is 5.62. The summed E-state index contributed by atoms with van der Waals surface area (Å²) < 4.78 is 35.1. The van der Waals surface area contributed by atoms with Crippen molar-refractivity contribution in [2.45, 2.75) is 12.8 Å². The van der Waals surface area contributed by atoms with Crippen LogP contribution >= 0.6 is 0 Å². The molecule has 2 nitrogen and oxygen atoms in total. The Hall–Kier alpha value is -2.75. The summed E-state index contributed by atoms with van der Waals surface area (Å²) in [4.78, 5) is 4.24. The van der Waals surface area contributed by atoms with Crippen LogP contribution in [0.4, 0.5) is 8.78 Å². The van der Waals surface area contributed by atoms with E-state index in [-0.39, 0.29) is 11.1 Å². The Morgan fingerprint density at radius 1 is 0.958 bits per heavy atom. The number of halogens is 2. The molecule has 0 amide bonds. The van der Waals surface area contributed by atoms with Crippen LogP contribution in [-0.2, 0) is 5.92 Å². The summed E-state index contributed by atoms with van der Waals surface area (Å²) in [5.41, 5.74) is 1.80. The minimum Gasteiger partial charge on any atom is -0.497 e. The Bertz CT molecular complexity index is 830. The van der Waals surface area contributed by atoms with Crippen molar-refractivity contribution in [2.24, 2.45) is 0 Å². The lowest BCUT2D eigenvalue weighted by molar-refractivity contribution is 0.0422. The van der Waals surface area contributed by atoms with Crippen molar-refractivity contribution in [1.82, 2.24) is 4.98 Å². The molecular formula is C20H17F2NO. The number of methoxy groups -OCH3 is 1. The zero-order valence-corrected chi connectivity index (χ0v) is 13.5. The van der Waals surface area contributed by atoms with E-state index in [9.17, 15) is 0 Å². The molecule has 0 saturated carbocycles. The van der Waals surface area contributed by atoms with E-state index < -0.39 is 5.92 Å². The number of alkyl halides is 2. The van der Waals surface area contributed by atoms with Crippen molar-refractivity contribution in [3.8, 4) is 17.0 Å². The first-order valence-electron chi connectivity index (χ1n) is 7.57. The van der Waals surface area contributed by atoms with E-state index in [2.05, 4.69) is 4.98 Å². The molecule has 0 spiro atoms. The molecule has 0 aliphatic carbocycles. The zero-order valence-electron chi connectivity index (χ0n) is 13.5. The molecule has 24 heavy (non-hydrogen) atoms. The number of pyridine rings is 1. The minimum atomic E-state index is -3.10. The van der Waals surface area contributed by atoms with E-state index in [0.29, 0.717) is 22.6 Å². The maximum Gasteiger partial charge on any atom is 0.298 e. The van der Waals surface area contributed by atoms with Gasteiger partial charge in [-0.3, -0.25) is 4.98 Å². The van der Waals surface area contributed by atoms with Crippen molar-refractivity contribution in [3.63, 3.8) is 0 Å². The molecule has 3 rings (SSSR count). The first-order valence-corrected chi connectivity index (χ1v) is 7.57. The van der Waals surface area contributed by atoms with Gasteiger partial charge in [-0.2, -0.15) is 8.78 Å². The van der Waals surface area contributed by atoms with Crippen LogP contribution in [0.3, 0.4) is 0 Å². The minimum absolute atomic E-state index is 0.0178. The molecule has 122 valence electrons. The molecule has 2 aromatic carbocycles. The summed E-state index contributed by atoms with van der Waals surface area (Å²) in [5.74, 6) is -2.55. The third-order valence-corrected chi connectivity index (χ3v) is 3.99. The lowest BCUT2D eigenvalue weighted by Gasteiger charge is -2.20. The van der Waals surface area contributed by atoms with Crippen LogP contribution in [0, 0.1) is 6.92 Å². The van der Waals surface area contributed by atoms with Crippen LogP contribution in [0.2, 0.25) is 0 Å². The summed E-state index contributed by atoms with van der Waals surface area (Å²) in [6, 6.07) is 16.3. The van der Waals surface area contributed by atoms with Gasteiger partial charge < -0.3 is 4.74 Å². The average Bonchev–Trinajstić information content (AvgIpc) is 2.62. The van der Waals surface area contributed by atoms with Gasteiger partial charge in [0.25, 0.3) is 5.92 Å². The van der Waals surface area contributed by atoms with Gasteiger partial charge in [-0.25, -0.2) is 0 Å². The van der Waals surface area contributed by atoms with E-state index in [0.717, 1.165) is 0 Å². The fraction of sp³-hybridized carbons (Fsp3) is 0.150. The molecule has 1 aromatic heterocycles. The number of aromatic nitrogens is 1. The molecule has 0 N–H and O–H groups in total. The van der Waals surface area contributed by atoms with Crippen LogP contribution in [-0.4, -0.2) is 12.1 Å². The molecule has 0 radical (unpaired) electrons. The molecule has 1 heterocycles. The van der Waals surface area contributed by atoms with Crippen LogP contribution in [0.25, 0.3) is 11.3 Å². The summed E-state index contributed by atoms with van der Waals surface area (Å²) in [7, 11) is 1.51. The first-order chi connectivity index (χ1) is 11.5. The Morgan fingerprint density at radius 2 is 1.71 bits per heavy atom. The van der Waals surface area contributed by atoms with Gasteiger partial charge in [0.2, 0.25) is 0 Å². The maximum absolute atomic E-state index is 15.0. The lowest BCUT2D eigenvalue weighted by Crippen LogP contribution is -2.17. The fourth-order valence-corrected chi connectivity index (χ4v) is 2.61. The molecule has 0 atom stereocenters. The molecule has 0 fully saturated rings. The van der Waals surface area contributed by atoms with Crippen LogP contribution in [0.5, 0.6) is 5.75 Å². The number of hydrogen-bond acceptors (Lipinski definition) is 2. The van der Waals surface area contributed by atoms with Crippen molar-refractivity contribution in [1.29, 1.82) is 0 Å². The highest BCUT2D eigenvalue weighted by Gasteiger charge is 2.35. The SMILES string of the molecule is COc1ccc(C(F)(F)c2cc(-c3ccccn3)ccc2C)cc1. The van der Waals surface area contributed by atoms with Gasteiger partial charge in [0.1, 0.15) is 5.75 Å². The lowest BCUT2D eigenvalue weighted by atomic mass is 9.93. The van der Waals surface area contributed by atoms with Gasteiger partial charge in [-0.1, -0.05) is 18.2 Å². The fourth-order valence-electron chi connectivity index (χ4n) is 2.61. The van der Waals surface area contributed by atoms with Gasteiger partial charge in [-0.15, -0.1) is 0 Å². The molecule has 3 aromatic rings. The number of hydrogen-bond donors (Lipinski definition) is 0. The van der Waals surface area contributed by atoms with Gasteiger partial charge in [0.05, 0.1) is 12.8 Å². The van der Waals surface area contributed by atoms with Crippen LogP contribution in [0.1, 0.15) is 16.7 Å². The van der Waals surface area contributed by atoms with E-state index in [4.69, 9.17) is 4.74 Å². The summed E-state index contributed by atoms with van der Waals surface area (Å²) in [6.07, 6.45) is 1.65. The summed E-state index contributed by atoms with van der Waals surface area (Å²) >= 11 is 0. The first kappa shape index (κ1) is 16.1. The van der Waals surface area contributed by atoms with Crippen molar-refractivity contribution in [3.05, 3.63) is 83.6 Å². The normalized spacial score (nSPS) is 11.3. The predicted molar refractivity (Wildman–Crippen MR) is 90.4 cm³/mol. The Balaban J connectivity index is 2.06. The van der Waals surface area contributed by atoms with E-state index in [1.807, 2.05) is 12.1 Å². The Labute approximate surface area is 139 Å². The largest absolute Gasteiger partial charge is 0.497 e. The van der Waals surface area contributed by atoms with E-state index >= 15 is 8.78 Å². The third-order valence-electron chi connectivity index (χ3n) is 3.99. The number of rotatable bonds is 4. The zero-order chi connectivity index (χ0) is 17.2. The highest BCUT2D eigenvalue weighted by Crippen LogP contribution is 2.39. The second kappa shape index (κ2) is 6.40. The molecule has 0 saturated heterocycles. The second-order valence-electron chi connectivity index (χ2n) is 5.55. The standard InChI is InChI=1S/C20H17F2NO/c1-14-6-7-15(19-5-3-4-12-23-19)13-18(14)20(21,22)16-8-10-17(24-2)11-9-16/h3-13H,1-2H3. The monoisotopic (exact) mass is 325 g/mol. The molecule has 0 bridgehead atoms. The highest BCUT2D eigenvalue weighted by atomic mass is 19.3.